The Labute approximate surface area is 173 Å². The van der Waals surface area contributed by atoms with Gasteiger partial charge in [-0.25, -0.2) is 0 Å². The van der Waals surface area contributed by atoms with Crippen molar-refractivity contribution in [3.8, 4) is 0 Å². The fraction of sp³-hybridized carbons (Fsp3) is 0.650. The first kappa shape index (κ1) is 23.9. The van der Waals surface area contributed by atoms with E-state index in [0.717, 1.165) is 31.4 Å². The van der Waals surface area contributed by atoms with Gasteiger partial charge >= 0.3 is 0 Å². The molecule has 0 saturated heterocycles. The van der Waals surface area contributed by atoms with Crippen molar-refractivity contribution in [2.45, 2.75) is 72.4 Å². The van der Waals surface area contributed by atoms with Gasteiger partial charge in [-0.3, -0.25) is 4.79 Å². The molecule has 1 aliphatic carbocycles. The van der Waals surface area contributed by atoms with E-state index in [1.807, 2.05) is 40.7 Å². The molecule has 0 heterocycles. The number of carbonyl (C=O) groups excluding carboxylic acids is 1. The average molecular weight is 408 g/mol. The van der Waals surface area contributed by atoms with Crippen LogP contribution in [-0.4, -0.2) is 18.1 Å². The van der Waals surface area contributed by atoms with Crippen LogP contribution in [0.4, 0.5) is 0 Å². The minimum atomic E-state index is -0.337. The molecule has 1 amide bonds. The van der Waals surface area contributed by atoms with Gasteiger partial charge in [-0.1, -0.05) is 38.8 Å². The molecule has 24 heavy (non-hydrogen) atoms. The van der Waals surface area contributed by atoms with Crippen LogP contribution in [0.2, 0.25) is 0 Å². The zero-order valence-electron chi connectivity index (χ0n) is 16.0. The molecule has 0 spiro atoms. The number of allylic oxidation sites excluding steroid dienone is 4. The third-order valence-electron chi connectivity index (χ3n) is 4.34. The summed E-state index contributed by atoms with van der Waals surface area (Å²) in [5.41, 5.74) is 0.857. The van der Waals surface area contributed by atoms with Crippen molar-refractivity contribution in [2.75, 3.05) is 0 Å². The Morgan fingerprint density at radius 2 is 1.83 bits per heavy atom. The SMILES string of the molecule is [CH2-]CC(C[CH2-])C(/C=C\C)=C(/C)OC1CC(NC(=O)C(C)(C)C)C1.[Y]. The standard InChI is InChI=1S/C20H33NO2.Y/c1-8-11-18(15(9-2)10-3)14(4)23-17-12-16(13-17)21-19(22)20(5,6)7;/h8,11,15-17H,2-3,9-10,12-13H2,1,4-7H3,(H,21,22);/q-2;/b11-8-,18-14-;. The van der Waals surface area contributed by atoms with Crippen LogP contribution < -0.4 is 5.32 Å². The Kier molecular flexibility index (Phi) is 10.7. The number of nitrogens with one attached hydrogen (secondary N) is 1. The average Bonchev–Trinajstić information content (AvgIpc) is 2.43. The first-order valence-electron chi connectivity index (χ1n) is 8.62. The summed E-state index contributed by atoms with van der Waals surface area (Å²) in [6.45, 7) is 17.9. The Hall–Kier alpha value is -0.146. The molecule has 135 valence electrons. The molecule has 3 nitrogen and oxygen atoms in total. The van der Waals surface area contributed by atoms with Crippen LogP contribution in [0.15, 0.2) is 23.5 Å². The summed E-state index contributed by atoms with van der Waals surface area (Å²) in [6, 6.07) is 0.237. The summed E-state index contributed by atoms with van der Waals surface area (Å²) in [5.74, 6) is 1.41. The van der Waals surface area contributed by atoms with E-state index in [1.165, 1.54) is 5.57 Å². The molecule has 0 atom stereocenters. The summed E-state index contributed by atoms with van der Waals surface area (Å²) in [6.07, 6.45) is 7.72. The number of hydrogen-bond acceptors (Lipinski definition) is 2. The molecule has 1 fully saturated rings. The maximum Gasteiger partial charge on any atom is 0.225 e. The largest absolute Gasteiger partial charge is 0.495 e. The van der Waals surface area contributed by atoms with Crippen LogP contribution in [0.1, 0.15) is 60.3 Å². The van der Waals surface area contributed by atoms with Crippen molar-refractivity contribution in [2.24, 2.45) is 11.3 Å². The van der Waals surface area contributed by atoms with Crippen molar-refractivity contribution in [1.82, 2.24) is 5.32 Å². The van der Waals surface area contributed by atoms with Gasteiger partial charge in [0, 0.05) is 57.0 Å². The van der Waals surface area contributed by atoms with Gasteiger partial charge in [0.05, 0.1) is 5.76 Å². The smallest absolute Gasteiger partial charge is 0.225 e. The number of rotatable bonds is 7. The summed E-state index contributed by atoms with van der Waals surface area (Å²) in [5, 5.41) is 3.09. The Balaban J connectivity index is 0.00000529. The van der Waals surface area contributed by atoms with Gasteiger partial charge in [0.15, 0.2) is 0 Å². The number of amides is 1. The van der Waals surface area contributed by atoms with Crippen LogP contribution in [0, 0.1) is 25.2 Å². The van der Waals surface area contributed by atoms with E-state index >= 15 is 0 Å². The molecule has 1 N–H and O–H groups in total. The molecule has 0 aromatic carbocycles. The van der Waals surface area contributed by atoms with E-state index in [-0.39, 0.29) is 56.2 Å². The summed E-state index contributed by atoms with van der Waals surface area (Å²) < 4.78 is 6.10. The van der Waals surface area contributed by atoms with Gasteiger partial charge in [0.1, 0.15) is 6.10 Å². The fourth-order valence-corrected chi connectivity index (χ4v) is 2.68. The van der Waals surface area contributed by atoms with Crippen LogP contribution >= 0.6 is 0 Å². The topological polar surface area (TPSA) is 38.3 Å². The summed E-state index contributed by atoms with van der Waals surface area (Å²) >= 11 is 0. The van der Waals surface area contributed by atoms with Gasteiger partial charge in [-0.2, -0.15) is 12.8 Å². The van der Waals surface area contributed by atoms with Gasteiger partial charge in [0.25, 0.3) is 0 Å². The van der Waals surface area contributed by atoms with Gasteiger partial charge < -0.3 is 23.9 Å². The van der Waals surface area contributed by atoms with Crippen molar-refractivity contribution >= 4 is 5.91 Å². The first-order chi connectivity index (χ1) is 10.7. The summed E-state index contributed by atoms with van der Waals surface area (Å²) in [7, 11) is 0. The van der Waals surface area contributed by atoms with Crippen LogP contribution in [0.3, 0.4) is 0 Å². The third-order valence-corrected chi connectivity index (χ3v) is 4.34. The molecule has 1 rings (SSSR count). The molecule has 1 saturated carbocycles. The predicted octanol–water partition coefficient (Wildman–Crippen LogP) is 4.61. The molecule has 0 aliphatic heterocycles. The Morgan fingerprint density at radius 1 is 1.29 bits per heavy atom. The zero-order chi connectivity index (χ0) is 17.6. The molecule has 1 radical (unpaired) electrons. The van der Waals surface area contributed by atoms with E-state index in [9.17, 15) is 4.79 Å². The second-order valence-electron chi connectivity index (χ2n) is 7.42. The molecule has 1 aliphatic rings. The van der Waals surface area contributed by atoms with Gasteiger partial charge in [0.2, 0.25) is 5.91 Å². The van der Waals surface area contributed by atoms with Crippen molar-refractivity contribution in [3.63, 3.8) is 0 Å². The summed E-state index contributed by atoms with van der Waals surface area (Å²) in [4.78, 5) is 12.0. The quantitative estimate of drug-likeness (QED) is 0.380. The van der Waals surface area contributed by atoms with E-state index < -0.39 is 0 Å². The second kappa shape index (κ2) is 10.8. The van der Waals surface area contributed by atoms with Gasteiger partial charge in [-0.05, 0) is 19.4 Å². The molecule has 0 bridgehead atoms. The molecule has 4 heteroatoms. The van der Waals surface area contributed by atoms with Crippen LogP contribution in [0.5, 0.6) is 0 Å². The minimum Gasteiger partial charge on any atom is -0.495 e. The first-order valence-corrected chi connectivity index (χ1v) is 8.62. The minimum absolute atomic E-state index is 0. The third kappa shape index (κ3) is 7.00. The maximum absolute atomic E-state index is 12.0. The van der Waals surface area contributed by atoms with Crippen LogP contribution in [0.25, 0.3) is 0 Å². The van der Waals surface area contributed by atoms with E-state index in [4.69, 9.17) is 4.74 Å². The van der Waals surface area contributed by atoms with E-state index in [1.54, 1.807) is 0 Å². The van der Waals surface area contributed by atoms with Crippen LogP contribution in [-0.2, 0) is 42.2 Å². The predicted molar refractivity (Wildman–Crippen MR) is 96.4 cm³/mol. The maximum atomic E-state index is 12.0. The second-order valence-corrected chi connectivity index (χ2v) is 7.42. The van der Waals surface area contributed by atoms with E-state index in [0.29, 0.717) is 5.92 Å². The number of carbonyl (C=O) groups is 1. The van der Waals surface area contributed by atoms with Crippen molar-refractivity contribution < 1.29 is 42.2 Å². The molecule has 0 aromatic rings. The Morgan fingerprint density at radius 3 is 2.25 bits per heavy atom. The molecular weight excluding hydrogens is 375 g/mol. The molecule has 0 unspecified atom stereocenters. The van der Waals surface area contributed by atoms with E-state index in [2.05, 4.69) is 25.2 Å². The van der Waals surface area contributed by atoms with Crippen molar-refractivity contribution in [1.29, 1.82) is 0 Å². The Bertz CT molecular complexity index is 453. The molecular formula is C20H33NO2Y-2. The molecule has 0 aromatic heterocycles. The zero-order valence-corrected chi connectivity index (χ0v) is 18.9. The normalized spacial score (nSPS) is 21.8. The monoisotopic (exact) mass is 408 g/mol. The van der Waals surface area contributed by atoms with Gasteiger partial charge in [-0.15, -0.1) is 0 Å². The fourth-order valence-electron chi connectivity index (χ4n) is 2.68. The number of hydrogen-bond donors (Lipinski definition) is 1. The number of ether oxygens (including phenoxy) is 1. The van der Waals surface area contributed by atoms with Crippen molar-refractivity contribution in [3.05, 3.63) is 37.3 Å².